The van der Waals surface area contributed by atoms with E-state index >= 15 is 0 Å². The summed E-state index contributed by atoms with van der Waals surface area (Å²) in [6.45, 7) is 0. The molecule has 0 saturated carbocycles. The van der Waals surface area contributed by atoms with Crippen molar-refractivity contribution in [3.8, 4) is 75.1 Å². The molecule has 10 aromatic rings. The quantitative estimate of drug-likeness (QED) is 0.171. The molecule has 10 heteroatoms. The smallest absolute Gasteiger partial charge is 0.308 e. The Morgan fingerprint density at radius 2 is 0.844 bits per heavy atom. The second-order valence-corrected chi connectivity index (χ2v) is 15.2. The highest BCUT2D eigenvalue weighted by molar-refractivity contribution is 6.13. The van der Waals surface area contributed by atoms with Crippen molar-refractivity contribution in [2.75, 3.05) is 0 Å². The van der Waals surface area contributed by atoms with Gasteiger partial charge in [0, 0.05) is 27.1 Å². The lowest BCUT2D eigenvalue weighted by atomic mass is 9.96. The zero-order chi connectivity index (χ0) is 44.3. The normalized spacial score (nSPS) is 11.3. The molecule has 0 N–H and O–H groups in total. The van der Waals surface area contributed by atoms with Crippen molar-refractivity contribution in [3.05, 3.63) is 191 Å². The molecule has 0 bridgehead atoms. The number of nitriles is 5. The molecule has 7 nitrogen and oxygen atoms in total. The number of nitrogens with zero attached hydrogens (tertiary/aromatic N) is 7. The maximum absolute atomic E-state index is 14.6. The molecule has 8 aromatic carbocycles. The Labute approximate surface area is 363 Å². The van der Waals surface area contributed by atoms with Crippen LogP contribution in [-0.2, 0) is 6.18 Å². The van der Waals surface area contributed by atoms with Crippen molar-refractivity contribution in [2.24, 2.45) is 0 Å². The zero-order valence-corrected chi connectivity index (χ0v) is 33.3. The molecule has 0 atom stereocenters. The number of hydrogen-bond donors (Lipinski definition) is 0. The molecule has 0 amide bonds. The van der Waals surface area contributed by atoms with Crippen molar-refractivity contribution in [3.63, 3.8) is 0 Å². The van der Waals surface area contributed by atoms with E-state index in [1.807, 2.05) is 94.1 Å². The van der Waals surface area contributed by atoms with Crippen LogP contribution in [0.3, 0.4) is 0 Å². The first kappa shape index (κ1) is 38.8. The second-order valence-electron chi connectivity index (χ2n) is 15.2. The molecular weight excluding hydrogens is 804 g/mol. The van der Waals surface area contributed by atoms with Crippen LogP contribution < -0.4 is 0 Å². The fourth-order valence-corrected chi connectivity index (χ4v) is 8.89. The minimum absolute atomic E-state index is 0.262. The molecule has 0 radical (unpaired) electrons. The number of rotatable bonds is 5. The van der Waals surface area contributed by atoms with Crippen LogP contribution in [0, 0.1) is 56.7 Å². The summed E-state index contributed by atoms with van der Waals surface area (Å²) >= 11 is 0. The number of alkyl halides is 3. The van der Waals surface area contributed by atoms with Crippen LogP contribution in [0.4, 0.5) is 13.2 Å². The van der Waals surface area contributed by atoms with Crippen molar-refractivity contribution < 1.29 is 13.2 Å². The number of hydrogen-bond acceptors (Lipinski definition) is 5. The lowest BCUT2D eigenvalue weighted by molar-refractivity contribution is -0.137. The largest absolute Gasteiger partial charge is 0.416 e. The summed E-state index contributed by atoms with van der Waals surface area (Å²) in [4.78, 5) is 0. The first-order chi connectivity index (χ1) is 31.1. The van der Waals surface area contributed by atoms with Gasteiger partial charge < -0.3 is 9.13 Å². The van der Waals surface area contributed by atoms with E-state index in [1.165, 1.54) is 6.07 Å². The molecule has 2 heterocycles. The Kier molecular flexibility index (Phi) is 9.06. The van der Waals surface area contributed by atoms with E-state index in [0.717, 1.165) is 55.8 Å². The third kappa shape index (κ3) is 6.17. The lowest BCUT2D eigenvalue weighted by Gasteiger charge is -2.21. The SMILES string of the molecule is N#Cc1ccc(-c2ccc3c(c2)c2ccccc2n3-c2cc(C#N)cc(-n3c4ccccc4c4cc(-c5ccc(C#N)cc5C#N)ccc43)c2-c2cccc(C(F)(F)F)c2)c(C#N)c1. The molecular formula is C54H26F3N7. The molecule has 64 heavy (non-hydrogen) atoms. The molecule has 0 saturated heterocycles. The Hall–Kier alpha value is -9.40. The molecule has 0 spiro atoms. The van der Waals surface area contributed by atoms with Crippen LogP contribution in [0.1, 0.15) is 33.4 Å². The first-order valence-corrected chi connectivity index (χ1v) is 19.9. The molecule has 0 fully saturated rings. The number of aromatic nitrogens is 2. The van der Waals surface area contributed by atoms with Crippen molar-refractivity contribution >= 4 is 43.6 Å². The van der Waals surface area contributed by atoms with E-state index in [9.17, 15) is 39.5 Å². The van der Waals surface area contributed by atoms with E-state index in [-0.39, 0.29) is 11.1 Å². The van der Waals surface area contributed by atoms with E-state index in [0.29, 0.717) is 61.4 Å². The Morgan fingerprint density at radius 3 is 1.30 bits per heavy atom. The highest BCUT2D eigenvalue weighted by atomic mass is 19.4. The van der Waals surface area contributed by atoms with Gasteiger partial charge in [-0.15, -0.1) is 0 Å². The van der Waals surface area contributed by atoms with Gasteiger partial charge >= 0.3 is 6.18 Å². The minimum Gasteiger partial charge on any atom is -0.308 e. The molecule has 298 valence electrons. The standard InChI is InChI=1S/C54H26F3N7/c55-54(56,57)40-7-5-6-37(24-40)53-51(63-47-10-3-1-8-43(47)45-25-35(14-18-49(45)63)41-16-12-32(27-58)20-38(41)30-61)22-34(29-60)23-52(53)64-48-11-4-2-9-44(48)46-26-36(15-19-50(46)64)42-17-13-33(28-59)21-39(42)31-62/h1-26H. The molecule has 0 unspecified atom stereocenters. The van der Waals surface area contributed by atoms with Crippen molar-refractivity contribution in [1.82, 2.24) is 9.13 Å². The Morgan fingerprint density at radius 1 is 0.375 bits per heavy atom. The van der Waals surface area contributed by atoms with Gasteiger partial charge in [0.2, 0.25) is 0 Å². The summed E-state index contributed by atoms with van der Waals surface area (Å²) in [5.74, 6) is 0. The van der Waals surface area contributed by atoms with Crippen LogP contribution in [0.2, 0.25) is 0 Å². The highest BCUT2D eigenvalue weighted by Crippen LogP contribution is 2.45. The monoisotopic (exact) mass is 829 g/mol. The molecule has 0 aliphatic carbocycles. The van der Waals surface area contributed by atoms with Gasteiger partial charge in [-0.2, -0.15) is 39.5 Å². The number of fused-ring (bicyclic) bond motifs is 6. The highest BCUT2D eigenvalue weighted by Gasteiger charge is 2.32. The topological polar surface area (TPSA) is 129 Å². The van der Waals surface area contributed by atoms with Crippen LogP contribution in [-0.4, -0.2) is 9.13 Å². The number of para-hydroxylation sites is 2. The summed E-state index contributed by atoms with van der Waals surface area (Å²) in [6.07, 6.45) is -4.66. The molecule has 0 aliphatic heterocycles. The predicted molar refractivity (Wildman–Crippen MR) is 240 cm³/mol. The number of halogens is 3. The average molecular weight is 830 g/mol. The van der Waals surface area contributed by atoms with E-state index in [2.05, 4.69) is 30.3 Å². The summed E-state index contributed by atoms with van der Waals surface area (Å²) < 4.78 is 47.8. The van der Waals surface area contributed by atoms with Gasteiger partial charge in [0.1, 0.15) is 0 Å². The Bertz CT molecular complexity index is 3640. The van der Waals surface area contributed by atoms with Gasteiger partial charge in [-0.1, -0.05) is 72.8 Å². The molecule has 2 aromatic heterocycles. The third-order valence-corrected chi connectivity index (χ3v) is 11.7. The van der Waals surface area contributed by atoms with Gasteiger partial charge in [0.25, 0.3) is 0 Å². The van der Waals surface area contributed by atoms with Crippen LogP contribution in [0.5, 0.6) is 0 Å². The fourth-order valence-electron chi connectivity index (χ4n) is 8.89. The Balaban J connectivity index is 1.31. The third-order valence-electron chi connectivity index (χ3n) is 11.7. The second kappa shape index (κ2) is 14.9. The van der Waals surface area contributed by atoms with Crippen molar-refractivity contribution in [2.45, 2.75) is 6.18 Å². The van der Waals surface area contributed by atoms with Crippen LogP contribution >= 0.6 is 0 Å². The summed E-state index contributed by atoms with van der Waals surface area (Å²) in [5.41, 5.74) is 8.02. The van der Waals surface area contributed by atoms with Crippen LogP contribution in [0.25, 0.3) is 88.4 Å². The molecule has 10 rings (SSSR count). The first-order valence-electron chi connectivity index (χ1n) is 19.9. The minimum atomic E-state index is -4.66. The van der Waals surface area contributed by atoms with E-state index in [4.69, 9.17) is 0 Å². The van der Waals surface area contributed by atoms with E-state index in [1.54, 1.807) is 54.6 Å². The lowest BCUT2D eigenvalue weighted by Crippen LogP contribution is -2.07. The molecule has 0 aliphatic rings. The summed E-state index contributed by atoms with van der Waals surface area (Å²) in [5, 5.41) is 53.1. The van der Waals surface area contributed by atoms with E-state index < -0.39 is 11.7 Å². The van der Waals surface area contributed by atoms with Gasteiger partial charge in [0.05, 0.1) is 97.2 Å². The van der Waals surface area contributed by atoms with Gasteiger partial charge in [-0.25, -0.2) is 0 Å². The van der Waals surface area contributed by atoms with Crippen molar-refractivity contribution in [1.29, 1.82) is 26.3 Å². The zero-order valence-electron chi connectivity index (χ0n) is 33.3. The maximum atomic E-state index is 14.6. The predicted octanol–water partition coefficient (Wildman–Crippen LogP) is 13.3. The van der Waals surface area contributed by atoms with Crippen LogP contribution in [0.15, 0.2) is 158 Å². The average Bonchev–Trinajstić information content (AvgIpc) is 3.84. The van der Waals surface area contributed by atoms with Gasteiger partial charge in [-0.3, -0.25) is 0 Å². The summed E-state index contributed by atoms with van der Waals surface area (Å²) in [6, 6.07) is 56.2. The summed E-state index contributed by atoms with van der Waals surface area (Å²) in [7, 11) is 0. The maximum Gasteiger partial charge on any atom is 0.416 e. The fraction of sp³-hybridized carbons (Fsp3) is 0.0185. The van der Waals surface area contributed by atoms with Gasteiger partial charge in [0.15, 0.2) is 0 Å². The number of benzene rings is 8. The van der Waals surface area contributed by atoms with Gasteiger partial charge in [-0.05, 0) is 113 Å².